The molecule has 1 N–H and O–H groups in total. The molecule has 5 heteroatoms. The van der Waals surface area contributed by atoms with Gasteiger partial charge in [0.2, 0.25) is 5.91 Å². The molecule has 1 unspecified atom stereocenters. The maximum absolute atomic E-state index is 12.3. The molecule has 1 saturated heterocycles. The molecule has 0 aromatic heterocycles. The van der Waals surface area contributed by atoms with E-state index in [9.17, 15) is 14.7 Å². The second-order valence-corrected chi connectivity index (χ2v) is 7.24. The zero-order valence-electron chi connectivity index (χ0n) is 16.6. The fourth-order valence-electron chi connectivity index (χ4n) is 3.40. The van der Waals surface area contributed by atoms with Crippen molar-refractivity contribution >= 4 is 11.9 Å². The van der Waals surface area contributed by atoms with Crippen LogP contribution in [-0.4, -0.2) is 47.7 Å². The summed E-state index contributed by atoms with van der Waals surface area (Å²) in [6, 6.07) is 0.118. The number of likely N-dealkylation sites (tertiary alicyclic amines) is 1. The zero-order valence-corrected chi connectivity index (χ0v) is 16.6. The Balaban J connectivity index is 2.34. The normalized spacial score (nSPS) is 19.1. The average molecular weight is 368 g/mol. The van der Waals surface area contributed by atoms with Gasteiger partial charge in [0.25, 0.3) is 0 Å². The van der Waals surface area contributed by atoms with Crippen LogP contribution >= 0.6 is 0 Å². The van der Waals surface area contributed by atoms with Gasteiger partial charge >= 0.3 is 5.97 Å². The van der Waals surface area contributed by atoms with E-state index < -0.39 is 6.10 Å². The van der Waals surface area contributed by atoms with Gasteiger partial charge < -0.3 is 14.7 Å². The predicted octanol–water partition coefficient (Wildman–Crippen LogP) is 3.99. The molecular weight excluding hydrogens is 330 g/mol. The lowest BCUT2D eigenvalue weighted by Gasteiger charge is -2.34. The number of amides is 1. The van der Waals surface area contributed by atoms with Crippen LogP contribution in [0.15, 0.2) is 12.2 Å². The average Bonchev–Trinajstić information content (AvgIpc) is 2.64. The number of esters is 1. The Morgan fingerprint density at radius 2 is 2.04 bits per heavy atom. The molecule has 1 aliphatic heterocycles. The molecule has 0 aromatic rings. The third-order valence-corrected chi connectivity index (χ3v) is 5.03. The minimum absolute atomic E-state index is 0.118. The first kappa shape index (κ1) is 22.7. The third-order valence-electron chi connectivity index (χ3n) is 5.03. The van der Waals surface area contributed by atoms with Crippen LogP contribution in [0, 0.1) is 0 Å². The van der Waals surface area contributed by atoms with Gasteiger partial charge in [-0.3, -0.25) is 9.59 Å². The smallest absolute Gasteiger partial charge is 0.305 e. The van der Waals surface area contributed by atoms with E-state index in [-0.39, 0.29) is 17.9 Å². The van der Waals surface area contributed by atoms with E-state index in [2.05, 4.69) is 11.7 Å². The molecule has 5 nitrogen and oxygen atoms in total. The van der Waals surface area contributed by atoms with Crippen molar-refractivity contribution in [1.82, 2.24) is 4.90 Å². The number of unbranched alkanes of at least 4 members (excludes halogenated alkanes) is 5. The molecule has 1 fully saturated rings. The van der Waals surface area contributed by atoms with Crippen LogP contribution in [0.4, 0.5) is 0 Å². The Bertz CT molecular complexity index is 436. The molecular formula is C21H37NO4. The van der Waals surface area contributed by atoms with Gasteiger partial charge in [-0.2, -0.15) is 0 Å². The van der Waals surface area contributed by atoms with E-state index >= 15 is 0 Å². The number of methoxy groups -OCH3 is 1. The fourth-order valence-corrected chi connectivity index (χ4v) is 3.40. The second kappa shape index (κ2) is 13.8. The van der Waals surface area contributed by atoms with Gasteiger partial charge in [0.15, 0.2) is 0 Å². The van der Waals surface area contributed by atoms with Crippen molar-refractivity contribution in [1.29, 1.82) is 0 Å². The van der Waals surface area contributed by atoms with Crippen molar-refractivity contribution in [3.8, 4) is 0 Å². The number of aliphatic hydroxyl groups is 1. The van der Waals surface area contributed by atoms with Gasteiger partial charge in [-0.05, 0) is 32.1 Å². The molecule has 1 amide bonds. The molecule has 26 heavy (non-hydrogen) atoms. The van der Waals surface area contributed by atoms with Gasteiger partial charge in [-0.1, -0.05) is 51.2 Å². The second-order valence-electron chi connectivity index (χ2n) is 7.24. The van der Waals surface area contributed by atoms with Crippen molar-refractivity contribution in [2.45, 2.75) is 96.1 Å². The van der Waals surface area contributed by atoms with E-state index in [0.29, 0.717) is 12.8 Å². The van der Waals surface area contributed by atoms with Gasteiger partial charge in [0.1, 0.15) is 0 Å². The lowest BCUT2D eigenvalue weighted by Crippen LogP contribution is -2.43. The van der Waals surface area contributed by atoms with Gasteiger partial charge in [0.05, 0.1) is 19.3 Å². The van der Waals surface area contributed by atoms with Gasteiger partial charge in [-0.15, -0.1) is 0 Å². The number of hydrogen-bond donors (Lipinski definition) is 1. The van der Waals surface area contributed by atoms with E-state index in [1.165, 1.54) is 7.11 Å². The first-order valence-electron chi connectivity index (χ1n) is 10.3. The number of carbonyl (C=O) groups is 2. The van der Waals surface area contributed by atoms with Crippen molar-refractivity contribution in [2.24, 2.45) is 0 Å². The highest BCUT2D eigenvalue weighted by Gasteiger charge is 2.25. The lowest BCUT2D eigenvalue weighted by molar-refractivity contribution is -0.140. The number of rotatable bonds is 13. The fraction of sp³-hybridized carbons (Fsp3) is 0.810. The number of aliphatic hydroxyl groups excluding tert-OH is 1. The monoisotopic (exact) mass is 367 g/mol. The first-order chi connectivity index (χ1) is 12.6. The standard InChI is InChI=1S/C21H37NO4/c1-3-4-7-12-19(23)16-15-18-11-10-13-20(24)22(18)17-9-6-5-8-14-21(25)26-2/h15-16,18-19,23H,3-14,17H2,1-2H3/t18?,19-/m1/s1. The first-order valence-corrected chi connectivity index (χ1v) is 10.3. The highest BCUT2D eigenvalue weighted by Crippen LogP contribution is 2.21. The highest BCUT2D eigenvalue weighted by molar-refractivity contribution is 5.77. The number of carbonyl (C=O) groups excluding carboxylic acids is 2. The van der Waals surface area contributed by atoms with Gasteiger partial charge in [0, 0.05) is 19.4 Å². The minimum atomic E-state index is -0.404. The van der Waals surface area contributed by atoms with E-state index in [1.54, 1.807) is 0 Å². The largest absolute Gasteiger partial charge is 0.469 e. The van der Waals surface area contributed by atoms with Crippen LogP contribution < -0.4 is 0 Å². The summed E-state index contributed by atoms with van der Waals surface area (Å²) in [4.78, 5) is 25.3. The molecule has 0 radical (unpaired) electrons. The lowest BCUT2D eigenvalue weighted by atomic mass is 9.99. The molecule has 0 spiro atoms. The Morgan fingerprint density at radius 1 is 1.27 bits per heavy atom. The molecule has 1 rings (SSSR count). The molecule has 0 aliphatic carbocycles. The summed E-state index contributed by atoms with van der Waals surface area (Å²) >= 11 is 0. The summed E-state index contributed by atoms with van der Waals surface area (Å²) in [7, 11) is 1.42. The predicted molar refractivity (Wildman–Crippen MR) is 104 cm³/mol. The third kappa shape index (κ3) is 9.37. The van der Waals surface area contributed by atoms with E-state index in [0.717, 1.165) is 70.8 Å². The topological polar surface area (TPSA) is 66.8 Å². The molecule has 0 saturated carbocycles. The maximum atomic E-state index is 12.3. The van der Waals surface area contributed by atoms with Crippen molar-refractivity contribution < 1.29 is 19.4 Å². The number of ether oxygens (including phenoxy) is 1. The van der Waals surface area contributed by atoms with Crippen LogP contribution in [0.5, 0.6) is 0 Å². The zero-order chi connectivity index (χ0) is 19.2. The Morgan fingerprint density at radius 3 is 2.77 bits per heavy atom. The summed E-state index contributed by atoms with van der Waals surface area (Å²) in [5, 5.41) is 10.1. The summed E-state index contributed by atoms with van der Waals surface area (Å²) in [5.74, 6) is 0.0693. The SMILES string of the molecule is CCCCC[C@@H](O)C=CC1CCCC(=O)N1CCCCCCC(=O)OC. The Kier molecular flexibility index (Phi) is 12.0. The molecule has 150 valence electrons. The van der Waals surface area contributed by atoms with Crippen LogP contribution in [0.1, 0.15) is 84.0 Å². The summed E-state index contributed by atoms with van der Waals surface area (Å²) in [6.45, 7) is 2.92. The number of hydrogen-bond acceptors (Lipinski definition) is 4. The highest BCUT2D eigenvalue weighted by atomic mass is 16.5. The van der Waals surface area contributed by atoms with Crippen LogP contribution in [-0.2, 0) is 14.3 Å². The van der Waals surface area contributed by atoms with E-state index in [1.807, 2.05) is 17.1 Å². The number of piperidine rings is 1. The van der Waals surface area contributed by atoms with Crippen LogP contribution in [0.2, 0.25) is 0 Å². The maximum Gasteiger partial charge on any atom is 0.305 e. The summed E-state index contributed by atoms with van der Waals surface area (Å²) in [6.07, 6.45) is 14.4. The Hall–Kier alpha value is -1.36. The molecule has 0 aromatic carbocycles. The minimum Gasteiger partial charge on any atom is -0.469 e. The summed E-state index contributed by atoms with van der Waals surface area (Å²) < 4.78 is 4.64. The number of nitrogens with zero attached hydrogens (tertiary/aromatic N) is 1. The molecule has 2 atom stereocenters. The Labute approximate surface area is 158 Å². The molecule has 0 bridgehead atoms. The summed E-state index contributed by atoms with van der Waals surface area (Å²) in [5.41, 5.74) is 0. The van der Waals surface area contributed by atoms with Crippen molar-refractivity contribution in [3.63, 3.8) is 0 Å². The quantitative estimate of drug-likeness (QED) is 0.304. The van der Waals surface area contributed by atoms with Crippen molar-refractivity contribution in [2.75, 3.05) is 13.7 Å². The van der Waals surface area contributed by atoms with E-state index in [4.69, 9.17) is 0 Å². The molecule has 1 heterocycles. The van der Waals surface area contributed by atoms with Gasteiger partial charge in [-0.25, -0.2) is 0 Å². The van der Waals surface area contributed by atoms with Crippen LogP contribution in [0.3, 0.4) is 0 Å². The van der Waals surface area contributed by atoms with Crippen molar-refractivity contribution in [3.05, 3.63) is 12.2 Å². The van der Waals surface area contributed by atoms with Crippen LogP contribution in [0.25, 0.3) is 0 Å². The molecule has 1 aliphatic rings.